The van der Waals surface area contributed by atoms with Crippen LogP contribution in [0.1, 0.15) is 0 Å². The average Bonchev–Trinajstić information content (AvgIpc) is 0.722. The number of hydrogen-bond acceptors (Lipinski definition) is 3. The maximum absolute atomic E-state index is 8.72. The summed E-state index contributed by atoms with van der Waals surface area (Å²) >= 11 is -5.62. The van der Waals surface area contributed by atoms with Crippen LogP contribution in [0.25, 0.3) is 0 Å². The van der Waals surface area contributed by atoms with Crippen LogP contribution in [0.3, 0.4) is 0 Å². The third-order valence-electron chi connectivity index (χ3n) is 0. The van der Waals surface area contributed by atoms with Crippen molar-refractivity contribution in [3.05, 3.63) is 0 Å². The van der Waals surface area contributed by atoms with E-state index in [-0.39, 0.29) is 23.9 Å². The Bertz CT molecular complexity index is 53.7. The second-order valence-corrected chi connectivity index (χ2v) is 2.43. The molecule has 0 bridgehead atoms. The monoisotopic (exact) mass is 260 g/mol. The van der Waals surface area contributed by atoms with Gasteiger partial charge in [-0.3, -0.25) is 0 Å². The third-order valence-corrected chi connectivity index (χ3v) is 0. The van der Waals surface area contributed by atoms with Crippen LogP contribution in [-0.4, -0.2) is 42.5 Å². The van der Waals surface area contributed by atoms with Gasteiger partial charge in [0.25, 0.3) is 0 Å². The number of rotatable bonds is 0. The first-order valence-corrected chi connectivity index (χ1v) is 3.89. The zero-order valence-electron chi connectivity index (χ0n) is 2.62. The molecule has 0 aliphatic heterocycles. The second kappa shape index (κ2) is 3.09. The first-order valence-electron chi connectivity index (χ1n) is 0.748. The topological polar surface area (TPSA) is 83.4 Å². The minimum Gasteiger partial charge on any atom is 2.00 e. The van der Waals surface area contributed by atoms with Gasteiger partial charge >= 0.3 is 54.4 Å². The minimum absolute atomic E-state index is 0. The van der Waals surface area contributed by atoms with Crippen molar-refractivity contribution in [2.75, 3.05) is 0 Å². The van der Waals surface area contributed by atoms with Gasteiger partial charge in [0.15, 0.2) is 0 Å². The molecule has 0 aromatic carbocycles. The van der Waals surface area contributed by atoms with Crippen molar-refractivity contribution in [2.24, 2.45) is 0 Å². The van der Waals surface area contributed by atoms with Gasteiger partial charge in [0.2, 0.25) is 0 Å². The molecule has 0 aliphatic rings. The fourth-order valence-corrected chi connectivity index (χ4v) is 0. The molecule has 0 spiro atoms. The zero-order chi connectivity index (χ0) is 4.50. The summed E-state index contributed by atoms with van der Waals surface area (Å²) in [4.78, 5) is 0. The van der Waals surface area contributed by atoms with Crippen LogP contribution >= 0.6 is 0 Å². The van der Waals surface area contributed by atoms with Crippen molar-refractivity contribution >= 4 is 38.4 Å². The van der Waals surface area contributed by atoms with Crippen LogP contribution < -0.4 is 8.19 Å². The van der Waals surface area contributed by atoms with Crippen molar-refractivity contribution in [3.63, 3.8) is 0 Å². The van der Waals surface area contributed by atoms with Gasteiger partial charge in [0, 0.05) is 0 Å². The zero-order valence-corrected chi connectivity index (χ0v) is 7.35. The molecule has 0 aliphatic carbocycles. The van der Waals surface area contributed by atoms with Crippen LogP contribution in [0, 0.1) is 0 Å². The smallest absolute Gasteiger partial charge is 2.00 e. The summed E-state index contributed by atoms with van der Waals surface area (Å²) in [5, 5.41) is 0. The molecule has 1 N–H and O–H groups in total. The molecular weight excluding hydrogens is 258 g/mol. The molecule has 0 saturated carbocycles. The van der Waals surface area contributed by atoms with Gasteiger partial charge in [0.05, 0.1) is 0 Å². The van der Waals surface area contributed by atoms with Gasteiger partial charge in [-0.2, -0.15) is 0 Å². The van der Waals surface area contributed by atoms with Gasteiger partial charge in [-0.05, 0) is 0 Å². The van der Waals surface area contributed by atoms with Gasteiger partial charge in [-0.1, -0.05) is 0 Å². The molecule has 0 aromatic heterocycles. The van der Waals surface area contributed by atoms with E-state index in [4.69, 9.17) is 16.0 Å². The van der Waals surface area contributed by atoms with Crippen molar-refractivity contribution < 1.29 is 16.0 Å². The molecule has 0 heterocycles. The van der Waals surface area contributed by atoms with Crippen molar-refractivity contribution in [1.82, 2.24) is 0 Å². The summed E-state index contributed by atoms with van der Waals surface area (Å²) in [6.07, 6.45) is 0. The summed E-state index contributed by atoms with van der Waals surface area (Å²) in [7, 11) is 0. The molecular formula is HAsO4Sn. The van der Waals surface area contributed by atoms with E-state index >= 15 is 0 Å². The van der Waals surface area contributed by atoms with E-state index in [1.165, 1.54) is 0 Å². The van der Waals surface area contributed by atoms with Crippen molar-refractivity contribution in [2.45, 2.75) is 0 Å². The maximum Gasteiger partial charge on any atom is 2.00 e. The molecule has 0 unspecified atom stereocenters. The van der Waals surface area contributed by atoms with Crippen molar-refractivity contribution in [1.29, 1.82) is 0 Å². The molecule has 4 nitrogen and oxygen atoms in total. The Morgan fingerprint density at radius 2 is 1.50 bits per heavy atom. The fraction of sp³-hybridized carbons (Fsp3) is 0. The van der Waals surface area contributed by atoms with E-state index in [1.807, 2.05) is 0 Å². The Labute approximate surface area is 54.5 Å². The number of hydrogen-bond donors (Lipinski definition) is 1. The maximum atomic E-state index is 8.72. The van der Waals surface area contributed by atoms with Crippen LogP contribution in [-0.2, 0) is 3.74 Å². The Morgan fingerprint density at radius 1 is 1.50 bits per heavy atom. The molecule has 6 heteroatoms. The molecule has 34 valence electrons. The quantitative estimate of drug-likeness (QED) is 0.452. The molecule has 2 radical (unpaired) electrons. The van der Waals surface area contributed by atoms with E-state index in [2.05, 4.69) is 0 Å². The summed E-state index contributed by atoms with van der Waals surface area (Å²) < 4.78 is 33.2. The van der Waals surface area contributed by atoms with E-state index in [9.17, 15) is 0 Å². The van der Waals surface area contributed by atoms with E-state index < -0.39 is 14.5 Å². The first kappa shape index (κ1) is 10.1. The van der Waals surface area contributed by atoms with E-state index in [0.29, 0.717) is 0 Å². The molecule has 0 atom stereocenters. The van der Waals surface area contributed by atoms with Gasteiger partial charge in [0.1, 0.15) is 0 Å². The first-order chi connectivity index (χ1) is 2.00. The molecule has 6 heavy (non-hydrogen) atoms. The predicted molar refractivity (Wildman–Crippen MR) is 14.4 cm³/mol. The third kappa shape index (κ3) is 76.3. The van der Waals surface area contributed by atoms with Gasteiger partial charge in [-0.25, -0.2) is 0 Å². The second-order valence-electron chi connectivity index (χ2n) is 0.469. The fourth-order valence-electron chi connectivity index (χ4n) is 0. The Kier molecular flexibility index (Phi) is 5.21. The summed E-state index contributed by atoms with van der Waals surface area (Å²) in [5.41, 5.74) is 0. The largest absolute Gasteiger partial charge is 2.00 e. The minimum atomic E-state index is -5.62. The van der Waals surface area contributed by atoms with Crippen LogP contribution in [0.4, 0.5) is 0 Å². The predicted octanol–water partition coefficient (Wildman–Crippen LogP) is -3.82. The SMILES string of the molecule is O=[As]([O-])([O-])O.[Sn+2]. The van der Waals surface area contributed by atoms with Crippen LogP contribution in [0.5, 0.6) is 0 Å². The van der Waals surface area contributed by atoms with Gasteiger partial charge < -0.3 is 0 Å². The van der Waals surface area contributed by atoms with E-state index in [1.54, 1.807) is 0 Å². The normalized spacial score (nSPS) is 9.83. The summed E-state index contributed by atoms with van der Waals surface area (Å²) in [6.45, 7) is 0. The van der Waals surface area contributed by atoms with Crippen LogP contribution in [0.2, 0.25) is 0 Å². The van der Waals surface area contributed by atoms with E-state index in [0.717, 1.165) is 0 Å². The molecule has 0 amide bonds. The van der Waals surface area contributed by atoms with Crippen LogP contribution in [0.15, 0.2) is 0 Å². The molecule has 0 rings (SSSR count). The summed E-state index contributed by atoms with van der Waals surface area (Å²) in [5.74, 6) is 0. The Hall–Kier alpha value is 1.04. The van der Waals surface area contributed by atoms with Gasteiger partial charge in [-0.15, -0.1) is 0 Å². The summed E-state index contributed by atoms with van der Waals surface area (Å²) in [6, 6.07) is 0. The Balaban J connectivity index is 0. The molecule has 0 fully saturated rings. The Morgan fingerprint density at radius 3 is 1.50 bits per heavy atom. The molecule has 0 saturated heterocycles. The molecule has 0 aromatic rings. The standard InChI is InChI=1S/AsH3O4.Sn/c2-1(3,4)5;/h(H3,2,3,4,5);/q;+2/p-2. The van der Waals surface area contributed by atoms with Crippen molar-refractivity contribution in [3.8, 4) is 0 Å². The average molecular weight is 259 g/mol.